The molecular weight excluding hydrogens is 300 g/mol. The van der Waals surface area contributed by atoms with Gasteiger partial charge in [0.25, 0.3) is 0 Å². The van der Waals surface area contributed by atoms with Gasteiger partial charge in [0, 0.05) is 11.1 Å². The van der Waals surface area contributed by atoms with Gasteiger partial charge >= 0.3 is 0 Å². The monoisotopic (exact) mass is 316 g/mol. The van der Waals surface area contributed by atoms with E-state index in [-0.39, 0.29) is 0 Å². The molecule has 0 saturated heterocycles. The van der Waals surface area contributed by atoms with E-state index in [1.54, 1.807) is 11.3 Å². The molecule has 0 amide bonds. The van der Waals surface area contributed by atoms with Gasteiger partial charge in [0.2, 0.25) is 0 Å². The summed E-state index contributed by atoms with van der Waals surface area (Å²) in [6.45, 7) is 2.12. The van der Waals surface area contributed by atoms with Crippen LogP contribution in [0.5, 0.6) is 0 Å². The van der Waals surface area contributed by atoms with Crippen LogP contribution in [0, 0.1) is 6.92 Å². The molecular formula is C20H16N2S. The minimum absolute atomic E-state index is 0.922. The molecule has 112 valence electrons. The van der Waals surface area contributed by atoms with E-state index in [1.165, 1.54) is 10.4 Å². The highest BCUT2D eigenvalue weighted by Crippen LogP contribution is 2.35. The van der Waals surface area contributed by atoms with Gasteiger partial charge in [-0.2, -0.15) is 0 Å². The number of aromatic amines is 1. The number of aryl methyl sites for hydroxylation is 1. The second kappa shape index (κ2) is 5.86. The van der Waals surface area contributed by atoms with Crippen molar-refractivity contribution < 1.29 is 0 Å². The van der Waals surface area contributed by atoms with Gasteiger partial charge in [0.15, 0.2) is 0 Å². The molecule has 0 aliphatic rings. The Kier molecular flexibility index (Phi) is 3.56. The number of nitrogens with zero attached hydrogens (tertiary/aromatic N) is 1. The third-order valence-electron chi connectivity index (χ3n) is 3.92. The van der Waals surface area contributed by atoms with E-state index in [2.05, 4.69) is 78.0 Å². The molecule has 3 heteroatoms. The summed E-state index contributed by atoms with van der Waals surface area (Å²) in [7, 11) is 0. The lowest BCUT2D eigenvalue weighted by molar-refractivity contribution is 1.29. The molecule has 4 aromatic rings. The van der Waals surface area contributed by atoms with Gasteiger partial charge in [-0.05, 0) is 23.9 Å². The van der Waals surface area contributed by atoms with E-state index in [1.807, 2.05) is 6.07 Å². The number of imidazole rings is 1. The smallest absolute Gasteiger partial charge is 0.138 e. The van der Waals surface area contributed by atoms with Crippen LogP contribution >= 0.6 is 11.3 Å². The average Bonchev–Trinajstić information content (AvgIpc) is 3.25. The number of hydrogen-bond acceptors (Lipinski definition) is 2. The van der Waals surface area contributed by atoms with Gasteiger partial charge < -0.3 is 4.98 Å². The number of H-pyrrole nitrogens is 1. The van der Waals surface area contributed by atoms with Crippen LogP contribution in [-0.4, -0.2) is 9.97 Å². The molecule has 2 aromatic carbocycles. The Labute approximate surface area is 139 Å². The Balaban J connectivity index is 1.93. The first-order valence-corrected chi connectivity index (χ1v) is 8.46. The second-order valence-corrected chi connectivity index (χ2v) is 6.41. The zero-order valence-corrected chi connectivity index (χ0v) is 13.6. The lowest BCUT2D eigenvalue weighted by Gasteiger charge is -2.00. The molecule has 23 heavy (non-hydrogen) atoms. The summed E-state index contributed by atoms with van der Waals surface area (Å²) in [4.78, 5) is 9.66. The molecule has 0 saturated carbocycles. The Morgan fingerprint density at radius 2 is 1.65 bits per heavy atom. The molecule has 4 rings (SSSR count). The van der Waals surface area contributed by atoms with Gasteiger partial charge in [-0.15, -0.1) is 11.3 Å². The molecule has 1 N–H and O–H groups in total. The molecule has 0 aliphatic carbocycles. The van der Waals surface area contributed by atoms with Crippen LogP contribution in [0.3, 0.4) is 0 Å². The van der Waals surface area contributed by atoms with Crippen molar-refractivity contribution in [3.8, 4) is 33.2 Å². The molecule has 0 aliphatic heterocycles. The molecule has 0 spiro atoms. The number of nitrogens with one attached hydrogen (secondary N) is 1. The normalized spacial score (nSPS) is 10.8. The van der Waals surface area contributed by atoms with Crippen LogP contribution in [0.4, 0.5) is 0 Å². The Bertz CT molecular complexity index is 921. The number of hydrogen-bond donors (Lipinski definition) is 1. The predicted molar refractivity (Wildman–Crippen MR) is 97.5 cm³/mol. The first-order valence-electron chi connectivity index (χ1n) is 7.58. The summed E-state index contributed by atoms with van der Waals surface area (Å²) in [5.41, 5.74) is 5.59. The standard InChI is InChI=1S/C20H16N2S/c1-14-8-5-6-11-16(14)20-21-18(15-9-3-2-4-10-15)19(22-20)17-12-7-13-23-17/h2-13H,1H3,(H,21,22). The van der Waals surface area contributed by atoms with Crippen LogP contribution in [0.15, 0.2) is 72.1 Å². The van der Waals surface area contributed by atoms with Gasteiger partial charge in [-0.3, -0.25) is 0 Å². The van der Waals surface area contributed by atoms with E-state index in [0.29, 0.717) is 0 Å². The molecule has 0 atom stereocenters. The third-order valence-corrected chi connectivity index (χ3v) is 4.81. The van der Waals surface area contributed by atoms with Gasteiger partial charge in [0.05, 0.1) is 16.3 Å². The fourth-order valence-corrected chi connectivity index (χ4v) is 3.47. The molecule has 2 aromatic heterocycles. The first kappa shape index (κ1) is 14.0. The largest absolute Gasteiger partial charge is 0.337 e. The Hall–Kier alpha value is -2.65. The molecule has 0 radical (unpaired) electrons. The molecule has 2 nitrogen and oxygen atoms in total. The summed E-state index contributed by atoms with van der Waals surface area (Å²) in [5, 5.41) is 2.10. The van der Waals surface area contributed by atoms with Crippen molar-refractivity contribution in [1.29, 1.82) is 0 Å². The van der Waals surface area contributed by atoms with Crippen molar-refractivity contribution in [2.24, 2.45) is 0 Å². The molecule has 0 bridgehead atoms. The van der Waals surface area contributed by atoms with E-state index >= 15 is 0 Å². The highest BCUT2D eigenvalue weighted by atomic mass is 32.1. The lowest BCUT2D eigenvalue weighted by Crippen LogP contribution is -1.84. The van der Waals surface area contributed by atoms with Gasteiger partial charge in [-0.1, -0.05) is 60.7 Å². The highest BCUT2D eigenvalue weighted by Gasteiger charge is 2.16. The molecule has 0 unspecified atom stereocenters. The number of aromatic nitrogens is 2. The minimum Gasteiger partial charge on any atom is -0.337 e. The minimum atomic E-state index is 0.922. The van der Waals surface area contributed by atoms with Crippen LogP contribution in [0.1, 0.15) is 5.56 Å². The topological polar surface area (TPSA) is 28.7 Å². The molecule has 2 heterocycles. The maximum Gasteiger partial charge on any atom is 0.138 e. The molecule has 0 fully saturated rings. The number of rotatable bonds is 3. The summed E-state index contributed by atoms with van der Waals surface area (Å²) in [5.74, 6) is 0.922. The van der Waals surface area contributed by atoms with Crippen LogP contribution in [0.2, 0.25) is 0 Å². The maximum absolute atomic E-state index is 4.92. The predicted octanol–water partition coefficient (Wildman–Crippen LogP) is 5.78. The van der Waals surface area contributed by atoms with Crippen LogP contribution < -0.4 is 0 Å². The lowest BCUT2D eigenvalue weighted by atomic mass is 10.1. The fourth-order valence-electron chi connectivity index (χ4n) is 2.74. The van der Waals surface area contributed by atoms with Crippen LogP contribution in [-0.2, 0) is 0 Å². The summed E-state index contributed by atoms with van der Waals surface area (Å²) in [6, 6.07) is 22.9. The average molecular weight is 316 g/mol. The SMILES string of the molecule is Cc1ccccc1-c1nc(-c2ccccc2)c(-c2cccs2)[nH]1. The maximum atomic E-state index is 4.92. The van der Waals surface area contributed by atoms with Crippen molar-refractivity contribution in [2.45, 2.75) is 6.92 Å². The van der Waals surface area contributed by atoms with E-state index in [4.69, 9.17) is 4.98 Å². The van der Waals surface area contributed by atoms with Gasteiger partial charge in [-0.25, -0.2) is 4.98 Å². The van der Waals surface area contributed by atoms with E-state index in [0.717, 1.165) is 28.3 Å². The van der Waals surface area contributed by atoms with Crippen molar-refractivity contribution in [2.75, 3.05) is 0 Å². The fraction of sp³-hybridized carbons (Fsp3) is 0.0500. The first-order chi connectivity index (χ1) is 11.3. The summed E-state index contributed by atoms with van der Waals surface area (Å²) in [6.07, 6.45) is 0. The van der Waals surface area contributed by atoms with Crippen molar-refractivity contribution in [3.05, 3.63) is 77.7 Å². The van der Waals surface area contributed by atoms with Crippen molar-refractivity contribution >= 4 is 11.3 Å². The Morgan fingerprint density at radius 1 is 0.870 bits per heavy atom. The third kappa shape index (κ3) is 2.60. The highest BCUT2D eigenvalue weighted by molar-refractivity contribution is 7.13. The van der Waals surface area contributed by atoms with E-state index in [9.17, 15) is 0 Å². The summed E-state index contributed by atoms with van der Waals surface area (Å²) < 4.78 is 0. The van der Waals surface area contributed by atoms with E-state index < -0.39 is 0 Å². The number of benzene rings is 2. The Morgan fingerprint density at radius 3 is 2.39 bits per heavy atom. The second-order valence-electron chi connectivity index (χ2n) is 5.47. The zero-order chi connectivity index (χ0) is 15.6. The quantitative estimate of drug-likeness (QED) is 0.510. The summed E-state index contributed by atoms with van der Waals surface area (Å²) >= 11 is 1.73. The van der Waals surface area contributed by atoms with Gasteiger partial charge in [0.1, 0.15) is 5.82 Å². The van der Waals surface area contributed by atoms with Crippen LogP contribution in [0.25, 0.3) is 33.2 Å². The number of thiophene rings is 1. The zero-order valence-electron chi connectivity index (χ0n) is 12.8. The van der Waals surface area contributed by atoms with Crippen molar-refractivity contribution in [3.63, 3.8) is 0 Å². The van der Waals surface area contributed by atoms with Crippen molar-refractivity contribution in [1.82, 2.24) is 9.97 Å².